The maximum atomic E-state index is 10.5. The normalized spacial score (nSPS) is 19.7. The molecule has 6 nitrogen and oxygen atoms in total. The molecule has 2 atom stereocenters. The number of hydrogen-bond acceptors (Lipinski definition) is 6. The zero-order chi connectivity index (χ0) is 21.4. The molecule has 2 aliphatic rings. The van der Waals surface area contributed by atoms with Gasteiger partial charge in [0, 0.05) is 34.3 Å². The summed E-state index contributed by atoms with van der Waals surface area (Å²) in [7, 11) is 1.64. The van der Waals surface area contributed by atoms with Crippen LogP contribution in [0.5, 0.6) is 23.0 Å². The number of hydrogen-bond donors (Lipinski definition) is 2. The van der Waals surface area contributed by atoms with Crippen LogP contribution in [0.15, 0.2) is 65.7 Å². The summed E-state index contributed by atoms with van der Waals surface area (Å²) < 4.78 is 16.6. The molecule has 7 heteroatoms. The first-order valence-corrected chi connectivity index (χ1v) is 10.3. The lowest BCUT2D eigenvalue weighted by atomic mass is 9.93. The van der Waals surface area contributed by atoms with Crippen molar-refractivity contribution in [3.8, 4) is 23.0 Å². The van der Waals surface area contributed by atoms with E-state index in [4.69, 9.17) is 30.8 Å². The number of benzene rings is 3. The maximum Gasteiger partial charge on any atom is 0.231 e. The summed E-state index contributed by atoms with van der Waals surface area (Å²) in [5.74, 6) is 2.36. The van der Waals surface area contributed by atoms with Gasteiger partial charge in [0.2, 0.25) is 6.79 Å². The molecule has 0 aromatic heterocycles. The third kappa shape index (κ3) is 3.80. The first-order chi connectivity index (χ1) is 15.1. The Hall–Kier alpha value is -3.22. The smallest absolute Gasteiger partial charge is 0.231 e. The topological polar surface area (TPSA) is 72.3 Å². The van der Waals surface area contributed by atoms with Gasteiger partial charge in [0.1, 0.15) is 17.7 Å². The largest absolute Gasteiger partial charge is 0.508 e. The summed E-state index contributed by atoms with van der Waals surface area (Å²) in [4.78, 5) is 5.00. The lowest BCUT2D eigenvalue weighted by Gasteiger charge is -2.31. The molecular weight excluding hydrogens is 416 g/mol. The standard InChI is InChI=1S/C24H21ClN2O4/c1-29-21-5-3-2-4-16(21)24-26-18(14-6-9-22-23(10-14)31-13-30-22)12-19(27-24)17-11-15(25)7-8-20(17)28/h2-11,19,24,27-28H,12-13H2,1H3/t19-,24-/m1/s1. The number of nitrogens with one attached hydrogen (secondary N) is 1. The van der Waals surface area contributed by atoms with Gasteiger partial charge in [-0.3, -0.25) is 10.3 Å². The van der Waals surface area contributed by atoms with Gasteiger partial charge in [0.25, 0.3) is 0 Å². The second-order valence-electron chi connectivity index (χ2n) is 7.41. The van der Waals surface area contributed by atoms with Crippen molar-refractivity contribution in [2.45, 2.75) is 18.6 Å². The lowest BCUT2D eigenvalue weighted by molar-refractivity contribution is 0.174. The molecule has 2 N–H and O–H groups in total. The number of phenols is 1. The Balaban J connectivity index is 1.59. The number of phenolic OH excluding ortho intramolecular Hbond substituents is 1. The Kier molecular flexibility index (Phi) is 5.18. The van der Waals surface area contributed by atoms with E-state index in [0.29, 0.717) is 17.2 Å². The molecule has 158 valence electrons. The van der Waals surface area contributed by atoms with Crippen molar-refractivity contribution >= 4 is 17.3 Å². The molecular formula is C24H21ClN2O4. The van der Waals surface area contributed by atoms with E-state index in [1.54, 1.807) is 25.3 Å². The monoisotopic (exact) mass is 436 g/mol. The minimum Gasteiger partial charge on any atom is -0.508 e. The third-order valence-electron chi connectivity index (χ3n) is 5.55. The average Bonchev–Trinajstić information content (AvgIpc) is 3.28. The second-order valence-corrected chi connectivity index (χ2v) is 7.85. The minimum atomic E-state index is -0.367. The molecule has 0 bridgehead atoms. The summed E-state index contributed by atoms with van der Waals surface area (Å²) in [6, 6.07) is 18.5. The zero-order valence-electron chi connectivity index (χ0n) is 16.8. The molecule has 0 saturated heterocycles. The summed E-state index contributed by atoms with van der Waals surface area (Å²) in [6.07, 6.45) is 0.202. The van der Waals surface area contributed by atoms with Crippen LogP contribution in [0.2, 0.25) is 5.02 Å². The molecule has 0 aliphatic carbocycles. The first-order valence-electron chi connectivity index (χ1n) is 9.96. The number of nitrogens with zero attached hydrogens (tertiary/aromatic N) is 1. The van der Waals surface area contributed by atoms with Crippen LogP contribution in [0.3, 0.4) is 0 Å². The van der Waals surface area contributed by atoms with Crippen molar-refractivity contribution in [3.63, 3.8) is 0 Å². The molecule has 2 aliphatic heterocycles. The first kappa shape index (κ1) is 19.7. The molecule has 2 heterocycles. The molecule has 0 amide bonds. The average molecular weight is 437 g/mol. The van der Waals surface area contributed by atoms with E-state index in [1.165, 1.54) is 0 Å². The van der Waals surface area contributed by atoms with Gasteiger partial charge >= 0.3 is 0 Å². The zero-order valence-corrected chi connectivity index (χ0v) is 17.6. The quantitative estimate of drug-likeness (QED) is 0.601. The third-order valence-corrected chi connectivity index (χ3v) is 5.78. The van der Waals surface area contributed by atoms with Gasteiger partial charge in [-0.2, -0.15) is 0 Å². The van der Waals surface area contributed by atoms with Gasteiger partial charge in [-0.25, -0.2) is 0 Å². The van der Waals surface area contributed by atoms with Crippen molar-refractivity contribution in [3.05, 3.63) is 82.4 Å². The second kappa shape index (κ2) is 8.13. The van der Waals surface area contributed by atoms with E-state index in [0.717, 1.165) is 33.9 Å². The highest BCUT2D eigenvalue weighted by Crippen LogP contribution is 2.39. The Bertz CT molecular complexity index is 1160. The molecule has 3 aromatic rings. The molecule has 0 saturated carbocycles. The van der Waals surface area contributed by atoms with E-state index in [9.17, 15) is 5.11 Å². The molecule has 3 aromatic carbocycles. The van der Waals surface area contributed by atoms with Gasteiger partial charge in [-0.05, 0) is 48.0 Å². The number of aromatic hydroxyl groups is 1. The summed E-state index contributed by atoms with van der Waals surface area (Å²) in [5, 5.41) is 14.6. The van der Waals surface area contributed by atoms with Crippen LogP contribution >= 0.6 is 11.6 Å². The van der Waals surface area contributed by atoms with Gasteiger partial charge in [-0.15, -0.1) is 0 Å². The number of aliphatic imine (C=N–C) groups is 1. The van der Waals surface area contributed by atoms with Gasteiger partial charge in [-0.1, -0.05) is 29.8 Å². The van der Waals surface area contributed by atoms with E-state index >= 15 is 0 Å². The summed E-state index contributed by atoms with van der Waals surface area (Å²) in [6.45, 7) is 0.218. The SMILES string of the molecule is COc1ccccc1[C@@H]1N=C(c2ccc3c(c2)OCO3)C[C@H](c2cc(Cl)ccc2O)N1. The van der Waals surface area contributed by atoms with Crippen LogP contribution in [0, 0.1) is 0 Å². The highest BCUT2D eigenvalue weighted by molar-refractivity contribution is 6.30. The van der Waals surface area contributed by atoms with Gasteiger partial charge in [0.05, 0.1) is 7.11 Å². The predicted molar refractivity (Wildman–Crippen MR) is 118 cm³/mol. The van der Waals surface area contributed by atoms with Gasteiger partial charge in [0.15, 0.2) is 11.5 Å². The fourth-order valence-electron chi connectivity index (χ4n) is 4.01. The number of methoxy groups -OCH3 is 1. The number of ether oxygens (including phenoxy) is 3. The summed E-state index contributed by atoms with van der Waals surface area (Å²) in [5.41, 5.74) is 3.46. The van der Waals surface area contributed by atoms with E-state index < -0.39 is 0 Å². The highest BCUT2D eigenvalue weighted by Gasteiger charge is 2.30. The Morgan fingerprint density at radius 3 is 2.74 bits per heavy atom. The maximum absolute atomic E-state index is 10.5. The van der Waals surface area contributed by atoms with Crippen molar-refractivity contribution in [2.75, 3.05) is 13.9 Å². The highest BCUT2D eigenvalue weighted by atomic mass is 35.5. The number of para-hydroxylation sites is 1. The van der Waals surface area contributed by atoms with Crippen molar-refractivity contribution in [1.29, 1.82) is 0 Å². The minimum absolute atomic E-state index is 0.188. The van der Waals surface area contributed by atoms with E-state index in [-0.39, 0.29) is 24.8 Å². The predicted octanol–water partition coefficient (Wildman–Crippen LogP) is 5.01. The van der Waals surface area contributed by atoms with Crippen molar-refractivity contribution in [2.24, 2.45) is 4.99 Å². The molecule has 31 heavy (non-hydrogen) atoms. The Labute approximate surface area is 185 Å². The molecule has 0 fully saturated rings. The van der Waals surface area contributed by atoms with Crippen LogP contribution in [0.4, 0.5) is 0 Å². The van der Waals surface area contributed by atoms with Crippen LogP contribution in [0.25, 0.3) is 0 Å². The van der Waals surface area contributed by atoms with E-state index in [1.807, 2.05) is 42.5 Å². The lowest BCUT2D eigenvalue weighted by Crippen LogP contribution is -2.33. The molecule has 0 unspecified atom stereocenters. The Morgan fingerprint density at radius 2 is 1.87 bits per heavy atom. The number of fused-ring (bicyclic) bond motifs is 1. The number of halogens is 1. The fraction of sp³-hybridized carbons (Fsp3) is 0.208. The van der Waals surface area contributed by atoms with Crippen molar-refractivity contribution < 1.29 is 19.3 Å². The van der Waals surface area contributed by atoms with Crippen molar-refractivity contribution in [1.82, 2.24) is 5.32 Å². The Morgan fingerprint density at radius 1 is 1.03 bits per heavy atom. The van der Waals surface area contributed by atoms with Crippen LogP contribution < -0.4 is 19.5 Å². The molecule has 0 spiro atoms. The van der Waals surface area contributed by atoms with E-state index in [2.05, 4.69) is 5.32 Å². The van der Waals surface area contributed by atoms with Crippen LogP contribution in [-0.2, 0) is 0 Å². The number of rotatable bonds is 4. The summed E-state index contributed by atoms with van der Waals surface area (Å²) >= 11 is 6.23. The van der Waals surface area contributed by atoms with Crippen LogP contribution in [0.1, 0.15) is 35.3 Å². The molecule has 5 rings (SSSR count). The molecule has 0 radical (unpaired) electrons. The fourth-order valence-corrected chi connectivity index (χ4v) is 4.19. The van der Waals surface area contributed by atoms with Crippen LogP contribution in [-0.4, -0.2) is 24.7 Å². The van der Waals surface area contributed by atoms with Gasteiger partial charge < -0.3 is 19.3 Å².